The second-order valence-electron chi connectivity index (χ2n) is 6.99. The third kappa shape index (κ3) is 1.19. The Balaban J connectivity index is 2.45. The summed E-state index contributed by atoms with van der Waals surface area (Å²) in [6.07, 6.45) is 5.21. The van der Waals surface area contributed by atoms with E-state index in [1.165, 1.54) is 25.7 Å². The Morgan fingerprint density at radius 2 is 1.33 bits per heavy atom. The van der Waals surface area contributed by atoms with Crippen LogP contribution in [0, 0.1) is 22.7 Å². The first-order valence-corrected chi connectivity index (χ1v) is 6.45. The van der Waals surface area contributed by atoms with E-state index in [2.05, 4.69) is 34.6 Å². The van der Waals surface area contributed by atoms with Gasteiger partial charge in [-0.25, -0.2) is 0 Å². The van der Waals surface area contributed by atoms with Crippen LogP contribution in [0.25, 0.3) is 0 Å². The number of hydrogen-bond acceptors (Lipinski definition) is 1. The molecule has 0 aliphatic heterocycles. The van der Waals surface area contributed by atoms with Gasteiger partial charge in [-0.1, -0.05) is 40.5 Å². The second-order valence-corrected chi connectivity index (χ2v) is 6.99. The molecule has 1 nitrogen and oxygen atoms in total. The third-order valence-electron chi connectivity index (χ3n) is 6.29. The van der Waals surface area contributed by atoms with Crippen molar-refractivity contribution in [1.82, 2.24) is 0 Å². The van der Waals surface area contributed by atoms with Crippen molar-refractivity contribution < 1.29 is 5.11 Å². The molecule has 2 aliphatic rings. The first kappa shape index (κ1) is 11.4. The fourth-order valence-electron chi connectivity index (χ4n) is 4.25. The molecule has 3 unspecified atom stereocenters. The van der Waals surface area contributed by atoms with Crippen molar-refractivity contribution >= 4 is 0 Å². The van der Waals surface area contributed by atoms with Gasteiger partial charge in [0, 0.05) is 0 Å². The lowest BCUT2D eigenvalue weighted by Gasteiger charge is -2.44. The van der Waals surface area contributed by atoms with E-state index in [4.69, 9.17) is 0 Å². The fraction of sp³-hybridized carbons (Fsp3) is 1.00. The van der Waals surface area contributed by atoms with Gasteiger partial charge in [0.05, 0.1) is 5.60 Å². The van der Waals surface area contributed by atoms with Gasteiger partial charge in [-0.2, -0.15) is 0 Å². The number of aliphatic hydroxyl groups is 1. The molecule has 1 N–H and O–H groups in total. The van der Waals surface area contributed by atoms with Crippen molar-refractivity contribution in [2.75, 3.05) is 0 Å². The van der Waals surface area contributed by atoms with Crippen molar-refractivity contribution in [3.05, 3.63) is 0 Å². The van der Waals surface area contributed by atoms with Crippen LogP contribution in [0.5, 0.6) is 0 Å². The summed E-state index contributed by atoms with van der Waals surface area (Å²) in [5, 5.41) is 10.9. The van der Waals surface area contributed by atoms with Gasteiger partial charge in [0.15, 0.2) is 0 Å². The fourth-order valence-corrected chi connectivity index (χ4v) is 4.25. The van der Waals surface area contributed by atoms with Gasteiger partial charge >= 0.3 is 0 Å². The molecule has 0 aromatic carbocycles. The quantitative estimate of drug-likeness (QED) is 0.647. The number of hydrogen-bond donors (Lipinski definition) is 1. The maximum atomic E-state index is 10.9. The molecule has 0 bridgehead atoms. The highest BCUT2D eigenvalue weighted by Gasteiger charge is 2.65. The van der Waals surface area contributed by atoms with E-state index in [0.717, 1.165) is 5.92 Å². The summed E-state index contributed by atoms with van der Waals surface area (Å²) in [7, 11) is 0. The number of rotatable bonds is 0. The lowest BCUT2D eigenvalue weighted by molar-refractivity contribution is -0.0871. The maximum absolute atomic E-state index is 10.9. The molecule has 2 rings (SSSR count). The summed E-state index contributed by atoms with van der Waals surface area (Å²) in [5.74, 6) is 1.24. The van der Waals surface area contributed by atoms with Crippen molar-refractivity contribution in [1.29, 1.82) is 0 Å². The summed E-state index contributed by atoms with van der Waals surface area (Å²) in [5.41, 5.74) is -0.192. The molecule has 15 heavy (non-hydrogen) atoms. The third-order valence-corrected chi connectivity index (χ3v) is 6.29. The molecule has 1 heteroatoms. The Labute approximate surface area is 94.3 Å². The van der Waals surface area contributed by atoms with Crippen LogP contribution in [0.2, 0.25) is 0 Å². The van der Waals surface area contributed by atoms with Gasteiger partial charge in [-0.3, -0.25) is 0 Å². The Morgan fingerprint density at radius 1 is 0.867 bits per heavy atom. The van der Waals surface area contributed by atoms with Gasteiger partial charge in [0.25, 0.3) is 0 Å². The summed E-state index contributed by atoms with van der Waals surface area (Å²) in [6, 6.07) is 0. The molecule has 2 fully saturated rings. The molecular formula is C14H26O. The van der Waals surface area contributed by atoms with Gasteiger partial charge < -0.3 is 5.11 Å². The molecule has 88 valence electrons. The minimum Gasteiger partial charge on any atom is -0.389 e. The molecule has 0 aromatic heterocycles. The molecular weight excluding hydrogens is 184 g/mol. The molecule has 0 heterocycles. The largest absolute Gasteiger partial charge is 0.389 e. The Bertz CT molecular complexity index is 237. The van der Waals surface area contributed by atoms with Crippen LogP contribution in [0.15, 0.2) is 0 Å². The van der Waals surface area contributed by atoms with Crippen molar-refractivity contribution in [2.24, 2.45) is 22.7 Å². The van der Waals surface area contributed by atoms with Crippen LogP contribution in [0.3, 0.4) is 0 Å². The van der Waals surface area contributed by atoms with Crippen molar-refractivity contribution in [3.63, 3.8) is 0 Å². The zero-order valence-electron chi connectivity index (χ0n) is 10.9. The Kier molecular flexibility index (Phi) is 2.29. The summed E-state index contributed by atoms with van der Waals surface area (Å²) >= 11 is 0. The molecule has 3 atom stereocenters. The summed E-state index contributed by atoms with van der Waals surface area (Å²) < 4.78 is 0. The van der Waals surface area contributed by atoms with E-state index < -0.39 is 5.60 Å². The average Bonchev–Trinajstić information content (AvgIpc) is 2.26. The van der Waals surface area contributed by atoms with Gasteiger partial charge in [-0.05, 0) is 42.4 Å². The zero-order chi connectivity index (χ0) is 11.5. The topological polar surface area (TPSA) is 20.2 Å². The van der Waals surface area contributed by atoms with Crippen LogP contribution in [0.4, 0.5) is 0 Å². The van der Waals surface area contributed by atoms with Gasteiger partial charge in [0.1, 0.15) is 0 Å². The van der Waals surface area contributed by atoms with Crippen LogP contribution >= 0.6 is 0 Å². The predicted octanol–water partition coefficient (Wildman–Crippen LogP) is 3.61. The first-order chi connectivity index (χ1) is 6.73. The van der Waals surface area contributed by atoms with Gasteiger partial charge in [0.2, 0.25) is 0 Å². The van der Waals surface area contributed by atoms with Crippen LogP contribution in [0.1, 0.15) is 60.3 Å². The molecule has 0 radical (unpaired) electrons. The van der Waals surface area contributed by atoms with E-state index in [0.29, 0.717) is 5.92 Å². The molecule has 0 aromatic rings. The smallest absolute Gasteiger partial charge is 0.0706 e. The summed E-state index contributed by atoms with van der Waals surface area (Å²) in [4.78, 5) is 0. The van der Waals surface area contributed by atoms with E-state index in [1.807, 2.05) is 0 Å². The standard InChI is InChI=1S/C14H26O/c1-12(2)10-8-6-7-9-11(10)14(5,15)13(12,3)4/h10-11,15H,6-9H2,1-5H3. The van der Waals surface area contributed by atoms with Crippen molar-refractivity contribution in [3.8, 4) is 0 Å². The molecule has 0 saturated heterocycles. The van der Waals surface area contributed by atoms with E-state index >= 15 is 0 Å². The Hall–Kier alpha value is -0.0400. The Morgan fingerprint density at radius 3 is 1.80 bits per heavy atom. The first-order valence-electron chi connectivity index (χ1n) is 6.45. The predicted molar refractivity (Wildman–Crippen MR) is 63.6 cm³/mol. The van der Waals surface area contributed by atoms with Crippen LogP contribution < -0.4 is 0 Å². The monoisotopic (exact) mass is 210 g/mol. The minimum atomic E-state index is -0.485. The van der Waals surface area contributed by atoms with E-state index in [9.17, 15) is 5.11 Å². The molecule has 2 aliphatic carbocycles. The highest BCUT2D eigenvalue weighted by Crippen LogP contribution is 2.66. The minimum absolute atomic E-state index is 0.0275. The number of fused-ring (bicyclic) bond motifs is 1. The van der Waals surface area contributed by atoms with Crippen LogP contribution in [-0.2, 0) is 0 Å². The lowest BCUT2D eigenvalue weighted by atomic mass is 9.63. The normalized spacial score (nSPS) is 47.6. The molecule has 0 spiro atoms. The van der Waals surface area contributed by atoms with Crippen LogP contribution in [-0.4, -0.2) is 10.7 Å². The average molecular weight is 210 g/mol. The summed E-state index contributed by atoms with van der Waals surface area (Å²) in [6.45, 7) is 11.3. The zero-order valence-corrected chi connectivity index (χ0v) is 10.9. The maximum Gasteiger partial charge on any atom is 0.0706 e. The van der Waals surface area contributed by atoms with Crippen molar-refractivity contribution in [2.45, 2.75) is 65.9 Å². The van der Waals surface area contributed by atoms with E-state index in [-0.39, 0.29) is 10.8 Å². The molecule has 2 saturated carbocycles. The van der Waals surface area contributed by atoms with Gasteiger partial charge in [-0.15, -0.1) is 0 Å². The highest BCUT2D eigenvalue weighted by molar-refractivity contribution is 5.14. The van der Waals surface area contributed by atoms with E-state index in [1.54, 1.807) is 0 Å². The highest BCUT2D eigenvalue weighted by atomic mass is 16.3. The SMILES string of the molecule is CC1(C)C2CCCCC2C(C)(O)C1(C)C. The lowest BCUT2D eigenvalue weighted by Crippen LogP contribution is -2.46. The molecule has 0 amide bonds. The second kappa shape index (κ2) is 3.00.